The van der Waals surface area contributed by atoms with Crippen molar-refractivity contribution < 1.29 is 77.1 Å². The third kappa shape index (κ3) is 24.7. The Kier molecular flexibility index (Phi) is 30.8. The number of hydrogen-bond acceptors (Lipinski definition) is 18. The van der Waals surface area contributed by atoms with Crippen LogP contribution < -0.4 is 65.6 Å². The Bertz CT molecular complexity index is 4620. The van der Waals surface area contributed by atoms with E-state index >= 15 is 0 Å². The molecule has 0 unspecified atom stereocenters. The highest BCUT2D eigenvalue weighted by atomic mass is 16.6. The Labute approximate surface area is 653 Å². The first-order valence-electron chi connectivity index (χ1n) is 38.2. The number of hydrogen-bond donors (Lipinski definition) is 9. The summed E-state index contributed by atoms with van der Waals surface area (Å²) in [6.45, 7) is 20.8. The van der Waals surface area contributed by atoms with Crippen LogP contribution in [0.25, 0.3) is 10.9 Å². The largest absolute Gasteiger partial charge is 0.491 e. The zero-order chi connectivity index (χ0) is 80.5. The number of aliphatic hydroxyl groups is 2. The lowest BCUT2D eigenvalue weighted by Gasteiger charge is -2.28. The van der Waals surface area contributed by atoms with Crippen LogP contribution in [0.4, 0.5) is 34.1 Å². The molecule has 9 N–H and O–H groups in total. The van der Waals surface area contributed by atoms with Crippen LogP contribution >= 0.6 is 0 Å². The van der Waals surface area contributed by atoms with Crippen LogP contribution in [0.3, 0.4) is 0 Å². The number of nitro benzene ring substituents is 1. The van der Waals surface area contributed by atoms with Gasteiger partial charge in [-0.2, -0.15) is 0 Å². The van der Waals surface area contributed by atoms with Gasteiger partial charge in [0.25, 0.3) is 35.4 Å². The number of fused-ring (bicyclic) bond motifs is 1. The second-order valence-corrected chi connectivity index (χ2v) is 29.9. The topological polar surface area (TPSA) is 356 Å². The SMILES string of the molecule is CC(C)COc1cc(C(=O)Nc2ccc(C(=O)NC3CCC(C(=O)Nc4cnc5ccccc5c4)CC3)cc2OCC(C)C)ccc1NC(=O)c1ccc([N+](=O)[O-])c(OCCO)c1.Cc1ccc(C(=O)Nc2ccc(C(=O)Nc3ccc(C(=O)NC4CCC(C)CC4)cc3OCC(C)C)cc2OCC(C)C)cc1OCCO. The van der Waals surface area contributed by atoms with E-state index in [1.54, 1.807) is 79.0 Å². The summed E-state index contributed by atoms with van der Waals surface area (Å²) in [5, 5.41) is 51.4. The molecule has 2 aliphatic carbocycles. The van der Waals surface area contributed by atoms with Crippen molar-refractivity contribution in [3.8, 4) is 34.5 Å². The van der Waals surface area contributed by atoms with Gasteiger partial charge < -0.3 is 75.9 Å². The monoisotopic (exact) mass is 1530 g/mol. The zero-order valence-electron chi connectivity index (χ0n) is 65.2. The minimum atomic E-state index is -0.648. The Hall–Kier alpha value is -11.6. The number of nitro groups is 1. The van der Waals surface area contributed by atoms with Crippen molar-refractivity contribution in [1.29, 1.82) is 0 Å². The van der Waals surface area contributed by atoms with Crippen molar-refractivity contribution in [2.24, 2.45) is 35.5 Å². The zero-order valence-corrected chi connectivity index (χ0v) is 65.2. The summed E-state index contributed by atoms with van der Waals surface area (Å²) in [5.74, 6) is 0.343. The number of amides is 7. The quantitative estimate of drug-likeness (QED) is 0.0136. The van der Waals surface area contributed by atoms with E-state index in [9.17, 15) is 43.7 Å². The van der Waals surface area contributed by atoms with E-state index < -0.39 is 22.6 Å². The van der Waals surface area contributed by atoms with Gasteiger partial charge in [0.2, 0.25) is 5.91 Å². The molecule has 0 saturated heterocycles. The molecule has 7 aromatic carbocycles. The number of nitrogens with one attached hydrogen (secondary N) is 7. The molecule has 0 aliphatic heterocycles. The van der Waals surface area contributed by atoms with Crippen molar-refractivity contribution >= 4 is 86.4 Å². The predicted molar refractivity (Wildman–Crippen MR) is 431 cm³/mol. The summed E-state index contributed by atoms with van der Waals surface area (Å²) in [5.41, 5.74) is 5.18. The number of anilines is 5. The van der Waals surface area contributed by atoms with Crippen LogP contribution in [0.1, 0.15) is 181 Å². The number of aliphatic hydroxyl groups excluding tert-OH is 2. The summed E-state index contributed by atoms with van der Waals surface area (Å²) in [7, 11) is 0. The van der Waals surface area contributed by atoms with Crippen molar-refractivity contribution in [2.45, 2.75) is 133 Å². The van der Waals surface area contributed by atoms with Gasteiger partial charge in [0.05, 0.1) is 84.7 Å². The van der Waals surface area contributed by atoms with Crippen LogP contribution in [0, 0.1) is 52.5 Å². The Morgan fingerprint density at radius 3 is 1.20 bits per heavy atom. The molecule has 2 aliphatic rings. The Balaban J connectivity index is 0.000000266. The maximum absolute atomic E-state index is 13.8. The highest BCUT2D eigenvalue weighted by Gasteiger charge is 2.30. The molecule has 0 atom stereocenters. The van der Waals surface area contributed by atoms with Crippen LogP contribution in [0.2, 0.25) is 0 Å². The molecule has 26 heteroatoms. The molecule has 7 amide bonds. The first-order valence-corrected chi connectivity index (χ1v) is 38.2. The summed E-state index contributed by atoms with van der Waals surface area (Å²) >= 11 is 0. The molecule has 2 fully saturated rings. The fourth-order valence-electron chi connectivity index (χ4n) is 12.3. The average molecular weight is 1530 g/mol. The van der Waals surface area contributed by atoms with E-state index in [1.165, 1.54) is 30.3 Å². The lowest BCUT2D eigenvalue weighted by molar-refractivity contribution is -0.385. The maximum Gasteiger partial charge on any atom is 0.310 e. The van der Waals surface area contributed by atoms with E-state index in [0.717, 1.165) is 48.2 Å². The van der Waals surface area contributed by atoms with Crippen molar-refractivity contribution in [3.63, 3.8) is 0 Å². The van der Waals surface area contributed by atoms with Gasteiger partial charge in [-0.3, -0.25) is 48.7 Å². The van der Waals surface area contributed by atoms with E-state index in [4.69, 9.17) is 38.6 Å². The van der Waals surface area contributed by atoms with Crippen LogP contribution in [0.15, 0.2) is 146 Å². The van der Waals surface area contributed by atoms with Gasteiger partial charge in [-0.05, 0) is 197 Å². The van der Waals surface area contributed by atoms with Crippen LogP contribution in [-0.2, 0) is 4.79 Å². The van der Waals surface area contributed by atoms with Gasteiger partial charge >= 0.3 is 5.69 Å². The first kappa shape index (κ1) is 84.4. The highest BCUT2D eigenvalue weighted by Crippen LogP contribution is 2.36. The van der Waals surface area contributed by atoms with Crippen molar-refractivity contribution in [1.82, 2.24) is 15.6 Å². The van der Waals surface area contributed by atoms with Gasteiger partial charge in [0, 0.05) is 68.9 Å². The molecular formula is C86H103N9O17. The number of nitrogens with zero attached hydrogens (tertiary/aromatic N) is 2. The van der Waals surface area contributed by atoms with E-state index in [1.807, 2.05) is 92.6 Å². The van der Waals surface area contributed by atoms with E-state index in [2.05, 4.69) is 49.1 Å². The van der Waals surface area contributed by atoms with Crippen molar-refractivity contribution in [3.05, 3.63) is 195 Å². The Morgan fingerprint density at radius 2 is 0.795 bits per heavy atom. The van der Waals surface area contributed by atoms with Gasteiger partial charge in [-0.15, -0.1) is 0 Å². The molecular weight excluding hydrogens is 1430 g/mol. The lowest BCUT2D eigenvalue weighted by atomic mass is 9.85. The van der Waals surface area contributed by atoms with E-state index in [0.29, 0.717) is 119 Å². The summed E-state index contributed by atoms with van der Waals surface area (Å²) < 4.78 is 35.1. The summed E-state index contributed by atoms with van der Waals surface area (Å²) in [6, 6.07) is 37.6. The number of benzene rings is 7. The number of para-hydroxylation sites is 1. The molecule has 112 heavy (non-hydrogen) atoms. The molecule has 10 rings (SSSR count). The third-order valence-electron chi connectivity index (χ3n) is 18.5. The molecule has 0 spiro atoms. The van der Waals surface area contributed by atoms with Gasteiger partial charge in [-0.1, -0.05) is 86.6 Å². The first-order chi connectivity index (χ1) is 53.7. The highest BCUT2D eigenvalue weighted by molar-refractivity contribution is 6.10. The van der Waals surface area contributed by atoms with Crippen LogP contribution in [-0.4, -0.2) is 126 Å². The second-order valence-electron chi connectivity index (χ2n) is 29.9. The molecule has 0 bridgehead atoms. The fourth-order valence-corrected chi connectivity index (χ4v) is 12.3. The smallest absolute Gasteiger partial charge is 0.310 e. The van der Waals surface area contributed by atoms with Gasteiger partial charge in [0.15, 0.2) is 5.75 Å². The average Bonchev–Trinajstić information content (AvgIpc) is 0.809. The molecule has 1 aromatic heterocycles. The molecule has 8 aromatic rings. The van der Waals surface area contributed by atoms with Crippen molar-refractivity contribution in [2.75, 3.05) is 79.4 Å². The molecule has 594 valence electrons. The number of rotatable bonds is 33. The number of aromatic nitrogens is 1. The molecule has 26 nitrogen and oxygen atoms in total. The van der Waals surface area contributed by atoms with Gasteiger partial charge in [0.1, 0.15) is 42.0 Å². The minimum absolute atomic E-state index is 0.0550. The lowest BCUT2D eigenvalue weighted by Crippen LogP contribution is -2.39. The molecule has 0 radical (unpaired) electrons. The minimum Gasteiger partial charge on any atom is -0.491 e. The van der Waals surface area contributed by atoms with E-state index in [-0.39, 0.29) is 132 Å². The number of carbonyl (C=O) groups excluding carboxylic acids is 7. The number of pyridine rings is 1. The summed E-state index contributed by atoms with van der Waals surface area (Å²) in [4.78, 5) is 109. The number of carbonyl (C=O) groups is 7. The normalized spacial score (nSPS) is 15.2. The summed E-state index contributed by atoms with van der Waals surface area (Å²) in [6.07, 6.45) is 8.30. The molecule has 2 saturated carbocycles. The number of aryl methyl sites for hydroxylation is 1. The maximum atomic E-state index is 13.8. The standard InChI is InChI=1S/C47H52N6O10.C39H51N3O7/c1-28(2)26-62-41-22-32(45(56)49-35-14-9-30(10-15-35)44(55)50-36-21-31-7-5-6-8-37(31)48-25-36)11-16-38(41)51-46(57)33-12-17-39(42(23-33)63-27-29(3)4)52-47(58)34-13-18-40(53(59)60)43(24-34)61-20-19-54;1-24(2)22-48-35-20-29(37(44)40-31-13-7-26(5)8-14-31)11-15-32(35)42-39(46)30-12-16-33(36(21-30)49-23-25(3)4)41-38(45)28-10-9-27(6)34(19-28)47-18-17-43/h5-8,11-13,16-18,21-25,28-30,35,54H,9-10,14-15,19-20,26-27H2,1-4H3,(H,49,56)(H,50,55)(H,51,57)(H,52,58);9-12,15-16,19-21,24-26,31,43H,7-8,13-14,17-18,22-23H2,1-6H3,(H,40,44)(H,41,45)(H,42,46). The van der Waals surface area contributed by atoms with Crippen LogP contribution in [0.5, 0.6) is 34.5 Å². The Morgan fingerprint density at radius 1 is 0.438 bits per heavy atom. The second kappa shape index (κ2) is 40.9. The van der Waals surface area contributed by atoms with Gasteiger partial charge in [-0.25, -0.2) is 0 Å². The fraction of sp³-hybridized carbons (Fsp3) is 0.395. The molecule has 1 heterocycles. The third-order valence-corrected chi connectivity index (χ3v) is 18.5. The predicted octanol–water partition coefficient (Wildman–Crippen LogP) is 15.3. The number of ether oxygens (including phenoxy) is 6.